The average molecular weight is 301 g/mol. The van der Waals surface area contributed by atoms with E-state index < -0.39 is 0 Å². The number of hydrogen-bond acceptors (Lipinski definition) is 4. The van der Waals surface area contributed by atoms with Crippen LogP contribution in [0.25, 0.3) is 0 Å². The van der Waals surface area contributed by atoms with Gasteiger partial charge in [0, 0.05) is 29.2 Å². The maximum Gasteiger partial charge on any atom is 0.237 e. The van der Waals surface area contributed by atoms with Gasteiger partial charge in [0.25, 0.3) is 0 Å². The molecule has 0 bridgehead atoms. The monoisotopic (exact) mass is 300 g/mol. The van der Waals surface area contributed by atoms with E-state index in [1.807, 2.05) is 13.8 Å². The quantitative estimate of drug-likeness (QED) is 0.752. The van der Waals surface area contributed by atoms with Gasteiger partial charge in [0.05, 0.1) is 13.2 Å². The lowest BCUT2D eigenvalue weighted by atomic mass is 10.1. The van der Waals surface area contributed by atoms with Crippen LogP contribution in [0.3, 0.4) is 0 Å². The van der Waals surface area contributed by atoms with Crippen LogP contribution in [0.1, 0.15) is 26.3 Å². The van der Waals surface area contributed by atoms with Crippen molar-refractivity contribution in [3.63, 3.8) is 0 Å². The highest BCUT2D eigenvalue weighted by Gasteiger charge is 2.15. The highest BCUT2D eigenvalue weighted by Crippen LogP contribution is 2.33. The summed E-state index contributed by atoms with van der Waals surface area (Å²) in [5, 5.41) is 16.3. The molecule has 1 atom stereocenters. The van der Waals surface area contributed by atoms with Gasteiger partial charge < -0.3 is 20.5 Å². The summed E-state index contributed by atoms with van der Waals surface area (Å²) in [6, 6.07) is 2.89. The molecule has 20 heavy (non-hydrogen) atoms. The second-order valence-corrected chi connectivity index (χ2v) is 5.32. The third-order valence-electron chi connectivity index (χ3n) is 2.76. The summed E-state index contributed by atoms with van der Waals surface area (Å²) in [7, 11) is 1.46. The zero-order valence-corrected chi connectivity index (χ0v) is 12.9. The number of aromatic hydroxyl groups is 1. The molecule has 1 aromatic carbocycles. The molecule has 1 rings (SSSR count). The molecule has 0 saturated heterocycles. The lowest BCUT2D eigenvalue weighted by Gasteiger charge is -2.17. The molecular weight excluding hydrogens is 280 g/mol. The molecule has 5 nitrogen and oxygen atoms in total. The molecule has 0 spiro atoms. The first-order valence-corrected chi connectivity index (χ1v) is 6.82. The first-order chi connectivity index (χ1) is 9.35. The third-order valence-corrected chi connectivity index (χ3v) is 2.98. The topological polar surface area (TPSA) is 70.6 Å². The van der Waals surface area contributed by atoms with Gasteiger partial charge in [0.1, 0.15) is 0 Å². The van der Waals surface area contributed by atoms with Crippen LogP contribution >= 0.6 is 11.6 Å². The molecule has 0 fully saturated rings. The van der Waals surface area contributed by atoms with E-state index in [1.165, 1.54) is 13.2 Å². The number of ether oxygens (including phenoxy) is 1. The number of benzene rings is 1. The van der Waals surface area contributed by atoms with Crippen LogP contribution in [0.15, 0.2) is 12.1 Å². The Kier molecular flexibility index (Phi) is 6.10. The third kappa shape index (κ3) is 4.58. The fourth-order valence-corrected chi connectivity index (χ4v) is 1.91. The van der Waals surface area contributed by atoms with Crippen molar-refractivity contribution >= 4 is 17.5 Å². The number of rotatable bonds is 6. The van der Waals surface area contributed by atoms with Gasteiger partial charge >= 0.3 is 0 Å². The second-order valence-electron chi connectivity index (χ2n) is 4.88. The molecule has 0 aliphatic heterocycles. The maximum atomic E-state index is 11.8. The molecule has 0 radical (unpaired) electrons. The van der Waals surface area contributed by atoms with Gasteiger partial charge in [-0.3, -0.25) is 4.79 Å². The van der Waals surface area contributed by atoms with E-state index in [4.69, 9.17) is 16.3 Å². The van der Waals surface area contributed by atoms with Crippen molar-refractivity contribution in [2.24, 2.45) is 0 Å². The Morgan fingerprint density at radius 2 is 2.05 bits per heavy atom. The lowest BCUT2D eigenvalue weighted by molar-refractivity contribution is -0.123. The number of phenolic OH excluding ortho intramolecular Hbond substituents is 1. The summed E-state index contributed by atoms with van der Waals surface area (Å²) >= 11 is 5.95. The molecule has 112 valence electrons. The van der Waals surface area contributed by atoms with Crippen molar-refractivity contribution in [2.45, 2.75) is 39.4 Å². The van der Waals surface area contributed by atoms with Crippen molar-refractivity contribution in [1.82, 2.24) is 10.6 Å². The smallest absolute Gasteiger partial charge is 0.237 e. The average Bonchev–Trinajstić information content (AvgIpc) is 2.37. The first-order valence-electron chi connectivity index (χ1n) is 6.44. The van der Waals surface area contributed by atoms with Crippen molar-refractivity contribution < 1.29 is 14.6 Å². The van der Waals surface area contributed by atoms with Crippen LogP contribution < -0.4 is 15.4 Å². The lowest BCUT2D eigenvalue weighted by Crippen LogP contribution is -2.44. The number of nitrogens with one attached hydrogen (secondary N) is 2. The van der Waals surface area contributed by atoms with E-state index in [1.54, 1.807) is 13.0 Å². The maximum absolute atomic E-state index is 11.8. The zero-order valence-electron chi connectivity index (χ0n) is 12.2. The molecule has 1 aromatic rings. The van der Waals surface area contributed by atoms with Crippen LogP contribution in [0.4, 0.5) is 0 Å². The minimum absolute atomic E-state index is 0.0286. The van der Waals surface area contributed by atoms with E-state index >= 15 is 0 Å². The van der Waals surface area contributed by atoms with Crippen LogP contribution in [0.2, 0.25) is 5.02 Å². The van der Waals surface area contributed by atoms with Crippen LogP contribution in [0.5, 0.6) is 11.5 Å². The Hall–Kier alpha value is -1.46. The van der Waals surface area contributed by atoms with Crippen LogP contribution in [0, 0.1) is 0 Å². The summed E-state index contributed by atoms with van der Waals surface area (Å²) in [6.07, 6.45) is 0. The Labute approximate surface area is 124 Å². The highest BCUT2D eigenvalue weighted by molar-refractivity contribution is 6.30. The van der Waals surface area contributed by atoms with Crippen molar-refractivity contribution in [2.75, 3.05) is 7.11 Å². The molecule has 6 heteroatoms. The molecule has 0 aliphatic rings. The number of methoxy groups -OCH3 is 1. The van der Waals surface area contributed by atoms with Gasteiger partial charge in [-0.25, -0.2) is 0 Å². The normalized spacial score (nSPS) is 12.3. The minimum atomic E-state index is -0.373. The van der Waals surface area contributed by atoms with Crippen molar-refractivity contribution in [1.29, 1.82) is 0 Å². The van der Waals surface area contributed by atoms with Gasteiger partial charge in [-0.15, -0.1) is 0 Å². The Bertz CT molecular complexity index is 478. The van der Waals surface area contributed by atoms with Gasteiger partial charge in [0.15, 0.2) is 11.5 Å². The summed E-state index contributed by atoms with van der Waals surface area (Å²) < 4.78 is 5.03. The predicted octanol–water partition coefficient (Wildman–Crippen LogP) is 2.06. The van der Waals surface area contributed by atoms with Gasteiger partial charge in [-0.05, 0) is 26.8 Å². The summed E-state index contributed by atoms with van der Waals surface area (Å²) in [5.41, 5.74) is 0.582. The van der Waals surface area contributed by atoms with Crippen molar-refractivity contribution in [3.05, 3.63) is 22.7 Å². The summed E-state index contributed by atoms with van der Waals surface area (Å²) in [5.74, 6) is 0.253. The van der Waals surface area contributed by atoms with Gasteiger partial charge in [-0.2, -0.15) is 0 Å². The van der Waals surface area contributed by atoms with E-state index in [9.17, 15) is 9.90 Å². The first kappa shape index (κ1) is 16.6. The second kappa shape index (κ2) is 7.36. The van der Waals surface area contributed by atoms with Crippen LogP contribution in [-0.2, 0) is 11.3 Å². The number of phenols is 1. The fraction of sp³-hybridized carbons (Fsp3) is 0.500. The SMILES string of the molecule is COc1cc(Cl)cc(CNC(C)C(=O)NC(C)C)c1O. The molecule has 1 amide bonds. The largest absolute Gasteiger partial charge is 0.504 e. The van der Waals surface area contributed by atoms with Crippen LogP contribution in [-0.4, -0.2) is 30.2 Å². The van der Waals surface area contributed by atoms with E-state index in [0.29, 0.717) is 22.9 Å². The Morgan fingerprint density at radius 1 is 1.40 bits per heavy atom. The number of hydrogen-bond donors (Lipinski definition) is 3. The molecule has 0 heterocycles. The Morgan fingerprint density at radius 3 is 2.60 bits per heavy atom. The molecule has 0 aliphatic carbocycles. The Balaban J connectivity index is 2.70. The zero-order chi connectivity index (χ0) is 15.3. The minimum Gasteiger partial charge on any atom is -0.504 e. The molecule has 0 aromatic heterocycles. The van der Waals surface area contributed by atoms with Crippen molar-refractivity contribution in [3.8, 4) is 11.5 Å². The predicted molar refractivity (Wildman–Crippen MR) is 79.2 cm³/mol. The molecule has 1 unspecified atom stereocenters. The molecule has 0 saturated carbocycles. The standard InChI is InChI=1S/C14H21ClN2O3/c1-8(2)17-14(19)9(3)16-7-10-5-11(15)6-12(20-4)13(10)18/h5-6,8-9,16,18H,7H2,1-4H3,(H,17,19). The van der Waals surface area contributed by atoms with E-state index in [2.05, 4.69) is 10.6 Å². The summed E-state index contributed by atoms with van der Waals surface area (Å²) in [6.45, 7) is 5.88. The number of halogens is 1. The van der Waals surface area contributed by atoms with Gasteiger partial charge in [0.2, 0.25) is 5.91 Å². The fourth-order valence-electron chi connectivity index (χ4n) is 1.68. The van der Waals surface area contributed by atoms with E-state index in [-0.39, 0.29) is 23.7 Å². The number of carbonyl (C=O) groups is 1. The van der Waals surface area contributed by atoms with E-state index in [0.717, 1.165) is 0 Å². The molecule has 3 N–H and O–H groups in total. The van der Waals surface area contributed by atoms with Gasteiger partial charge in [-0.1, -0.05) is 11.6 Å². The molecular formula is C14H21ClN2O3. The summed E-state index contributed by atoms with van der Waals surface area (Å²) in [4.78, 5) is 11.8. The number of amides is 1. The highest BCUT2D eigenvalue weighted by atomic mass is 35.5. The number of carbonyl (C=O) groups excluding carboxylic acids is 1.